The molecule has 0 amide bonds. The van der Waals surface area contributed by atoms with Crippen LogP contribution in [0.2, 0.25) is 0 Å². The lowest BCUT2D eigenvalue weighted by Gasteiger charge is -2.49. The van der Waals surface area contributed by atoms with Gasteiger partial charge in [-0.25, -0.2) is 0 Å². The maximum atomic E-state index is 5.49. The second-order valence-electron chi connectivity index (χ2n) is 9.15. The molecule has 0 spiro atoms. The first-order valence-corrected chi connectivity index (χ1v) is 11.9. The van der Waals surface area contributed by atoms with Gasteiger partial charge in [0.25, 0.3) is 0 Å². The van der Waals surface area contributed by atoms with Crippen LogP contribution in [0.15, 0.2) is 4.99 Å². The number of aliphatic imine (C=N–C) groups is 1. The summed E-state index contributed by atoms with van der Waals surface area (Å²) < 4.78 is 5.49. The van der Waals surface area contributed by atoms with E-state index in [0.29, 0.717) is 6.04 Å². The third-order valence-corrected chi connectivity index (χ3v) is 7.05. The van der Waals surface area contributed by atoms with Crippen molar-refractivity contribution in [2.24, 2.45) is 4.99 Å². The zero-order valence-electron chi connectivity index (χ0n) is 19.1. The van der Waals surface area contributed by atoms with Crippen LogP contribution in [-0.4, -0.2) is 111 Å². The van der Waals surface area contributed by atoms with Crippen molar-refractivity contribution in [3.8, 4) is 0 Å². The van der Waals surface area contributed by atoms with Crippen molar-refractivity contribution in [3.63, 3.8) is 0 Å². The number of morpholine rings is 1. The summed E-state index contributed by atoms with van der Waals surface area (Å²) in [5.74, 6) is 0.975. The van der Waals surface area contributed by atoms with E-state index in [2.05, 4.69) is 46.2 Å². The van der Waals surface area contributed by atoms with Crippen molar-refractivity contribution < 1.29 is 4.74 Å². The standard InChI is InChI=1S/C22H44N6O/c1-4-23-21(24-18-20(2)27-14-16-29-17-15-27)25-19-22(8-12-26(3)13-9-22)28-10-6-5-7-11-28/h20H,4-19H2,1-3H3,(H2,23,24,25). The Morgan fingerprint density at radius 2 is 1.69 bits per heavy atom. The Labute approximate surface area is 178 Å². The van der Waals surface area contributed by atoms with E-state index in [9.17, 15) is 0 Å². The van der Waals surface area contributed by atoms with E-state index in [-0.39, 0.29) is 5.54 Å². The molecule has 168 valence electrons. The average molecular weight is 409 g/mol. The summed E-state index contributed by atoms with van der Waals surface area (Å²) >= 11 is 0. The Balaban J connectivity index is 1.60. The quantitative estimate of drug-likeness (QED) is 0.488. The Morgan fingerprint density at radius 1 is 1.00 bits per heavy atom. The first-order valence-electron chi connectivity index (χ1n) is 11.9. The van der Waals surface area contributed by atoms with Gasteiger partial charge in [-0.2, -0.15) is 0 Å². The molecule has 0 aromatic carbocycles. The van der Waals surface area contributed by atoms with Gasteiger partial charge in [-0.15, -0.1) is 0 Å². The summed E-state index contributed by atoms with van der Waals surface area (Å²) in [4.78, 5) is 12.9. The molecule has 3 heterocycles. The first kappa shape index (κ1) is 22.8. The molecule has 7 heteroatoms. The lowest BCUT2D eigenvalue weighted by molar-refractivity contribution is 0.0201. The van der Waals surface area contributed by atoms with Crippen LogP contribution in [-0.2, 0) is 4.74 Å². The van der Waals surface area contributed by atoms with Crippen molar-refractivity contribution in [1.29, 1.82) is 0 Å². The Morgan fingerprint density at radius 3 is 2.34 bits per heavy atom. The number of nitrogens with zero attached hydrogens (tertiary/aromatic N) is 4. The molecule has 3 saturated heterocycles. The van der Waals surface area contributed by atoms with E-state index >= 15 is 0 Å². The van der Waals surface area contributed by atoms with Gasteiger partial charge in [-0.05, 0) is 72.8 Å². The molecular weight excluding hydrogens is 364 g/mol. The highest BCUT2D eigenvalue weighted by atomic mass is 16.5. The molecule has 3 fully saturated rings. The molecular formula is C22H44N6O. The molecule has 0 aliphatic carbocycles. The molecule has 29 heavy (non-hydrogen) atoms. The lowest BCUT2D eigenvalue weighted by Crippen LogP contribution is -2.58. The van der Waals surface area contributed by atoms with E-state index in [0.717, 1.165) is 51.9 Å². The molecule has 2 N–H and O–H groups in total. The van der Waals surface area contributed by atoms with Crippen molar-refractivity contribution in [2.75, 3.05) is 79.2 Å². The summed E-state index contributed by atoms with van der Waals surface area (Å²) in [6, 6.07) is 0.488. The molecule has 0 radical (unpaired) electrons. The summed E-state index contributed by atoms with van der Waals surface area (Å²) in [6.45, 7) is 15.8. The minimum Gasteiger partial charge on any atom is -0.379 e. The number of piperidine rings is 2. The van der Waals surface area contributed by atoms with Crippen LogP contribution in [0.4, 0.5) is 0 Å². The molecule has 3 aliphatic heterocycles. The van der Waals surface area contributed by atoms with Crippen molar-refractivity contribution in [1.82, 2.24) is 25.3 Å². The van der Waals surface area contributed by atoms with Gasteiger partial charge < -0.3 is 20.3 Å². The number of hydrogen-bond donors (Lipinski definition) is 2. The van der Waals surface area contributed by atoms with E-state index in [1.807, 2.05) is 0 Å². The van der Waals surface area contributed by atoms with Crippen LogP contribution in [0.3, 0.4) is 0 Å². The number of likely N-dealkylation sites (tertiary alicyclic amines) is 2. The van der Waals surface area contributed by atoms with E-state index < -0.39 is 0 Å². The second kappa shape index (κ2) is 11.5. The molecule has 0 saturated carbocycles. The fourth-order valence-corrected chi connectivity index (χ4v) is 4.94. The highest BCUT2D eigenvalue weighted by molar-refractivity contribution is 5.79. The first-order chi connectivity index (χ1) is 14.1. The Kier molecular flexibility index (Phi) is 9.03. The zero-order chi connectivity index (χ0) is 20.5. The molecule has 3 rings (SSSR count). The van der Waals surface area contributed by atoms with Crippen LogP contribution in [0.5, 0.6) is 0 Å². The van der Waals surface area contributed by atoms with Gasteiger partial charge in [0.15, 0.2) is 5.96 Å². The SMILES string of the molecule is CCNC(=NCC1(N2CCCCC2)CCN(C)CC1)NCC(C)N1CCOCC1. The normalized spacial score (nSPS) is 26.2. The molecule has 0 aromatic rings. The minimum absolute atomic E-state index is 0.241. The Bertz CT molecular complexity index is 494. The fourth-order valence-electron chi connectivity index (χ4n) is 4.94. The largest absolute Gasteiger partial charge is 0.379 e. The molecule has 1 atom stereocenters. The van der Waals surface area contributed by atoms with E-state index in [1.165, 1.54) is 58.3 Å². The van der Waals surface area contributed by atoms with Crippen LogP contribution >= 0.6 is 0 Å². The highest BCUT2D eigenvalue weighted by Crippen LogP contribution is 2.31. The lowest BCUT2D eigenvalue weighted by atomic mass is 9.84. The second-order valence-corrected chi connectivity index (χ2v) is 9.15. The molecule has 7 nitrogen and oxygen atoms in total. The summed E-state index contributed by atoms with van der Waals surface area (Å²) in [5.41, 5.74) is 0.241. The van der Waals surface area contributed by atoms with Crippen molar-refractivity contribution in [3.05, 3.63) is 0 Å². The predicted molar refractivity (Wildman–Crippen MR) is 121 cm³/mol. The number of ether oxygens (including phenoxy) is 1. The van der Waals surface area contributed by atoms with Gasteiger partial charge in [-0.3, -0.25) is 14.8 Å². The smallest absolute Gasteiger partial charge is 0.191 e. The molecule has 1 unspecified atom stereocenters. The predicted octanol–water partition coefficient (Wildman–Crippen LogP) is 1.21. The maximum absolute atomic E-state index is 5.49. The minimum atomic E-state index is 0.241. The third kappa shape index (κ3) is 6.54. The molecule has 0 aromatic heterocycles. The van der Waals surface area contributed by atoms with Crippen LogP contribution < -0.4 is 10.6 Å². The van der Waals surface area contributed by atoms with Crippen LogP contribution in [0.1, 0.15) is 46.0 Å². The van der Waals surface area contributed by atoms with Gasteiger partial charge in [0, 0.05) is 37.8 Å². The van der Waals surface area contributed by atoms with Crippen LogP contribution in [0, 0.1) is 0 Å². The summed E-state index contributed by atoms with van der Waals surface area (Å²) in [7, 11) is 2.25. The number of rotatable bonds is 7. The summed E-state index contributed by atoms with van der Waals surface area (Å²) in [5, 5.41) is 7.09. The maximum Gasteiger partial charge on any atom is 0.191 e. The van der Waals surface area contributed by atoms with Crippen molar-refractivity contribution in [2.45, 2.75) is 57.5 Å². The van der Waals surface area contributed by atoms with Gasteiger partial charge >= 0.3 is 0 Å². The fraction of sp³-hybridized carbons (Fsp3) is 0.955. The molecule has 0 bridgehead atoms. The Hall–Kier alpha value is -0.890. The molecule has 3 aliphatic rings. The van der Waals surface area contributed by atoms with Gasteiger partial charge in [-0.1, -0.05) is 6.42 Å². The highest BCUT2D eigenvalue weighted by Gasteiger charge is 2.39. The van der Waals surface area contributed by atoms with Crippen molar-refractivity contribution >= 4 is 5.96 Å². The number of hydrogen-bond acceptors (Lipinski definition) is 5. The monoisotopic (exact) mass is 408 g/mol. The summed E-state index contributed by atoms with van der Waals surface area (Å²) in [6.07, 6.45) is 6.54. The average Bonchev–Trinajstić information content (AvgIpc) is 2.78. The van der Waals surface area contributed by atoms with E-state index in [4.69, 9.17) is 9.73 Å². The van der Waals surface area contributed by atoms with Gasteiger partial charge in [0.05, 0.1) is 19.8 Å². The van der Waals surface area contributed by atoms with Gasteiger partial charge in [0.2, 0.25) is 0 Å². The third-order valence-electron chi connectivity index (χ3n) is 7.05. The topological polar surface area (TPSA) is 55.4 Å². The van der Waals surface area contributed by atoms with E-state index in [1.54, 1.807) is 0 Å². The number of guanidine groups is 1. The van der Waals surface area contributed by atoms with Gasteiger partial charge in [0.1, 0.15) is 0 Å². The van der Waals surface area contributed by atoms with Crippen LogP contribution in [0.25, 0.3) is 0 Å². The zero-order valence-corrected chi connectivity index (χ0v) is 19.1. The number of nitrogens with one attached hydrogen (secondary N) is 2.